The van der Waals surface area contributed by atoms with Crippen LogP contribution in [0.15, 0.2) is 54.6 Å². The summed E-state index contributed by atoms with van der Waals surface area (Å²) in [5, 5.41) is 11.1. The fourth-order valence-corrected chi connectivity index (χ4v) is 1.86. The first-order chi connectivity index (χ1) is 11.0. The van der Waals surface area contributed by atoms with E-state index < -0.39 is 17.8 Å². The Kier molecular flexibility index (Phi) is 5.46. The third-order valence-electron chi connectivity index (χ3n) is 3.03. The van der Waals surface area contributed by atoms with Crippen molar-refractivity contribution in [1.82, 2.24) is 0 Å². The van der Waals surface area contributed by atoms with Gasteiger partial charge in [0.2, 0.25) is 5.78 Å². The van der Waals surface area contributed by atoms with Gasteiger partial charge in [-0.3, -0.25) is 10.1 Å². The van der Waals surface area contributed by atoms with E-state index in [4.69, 9.17) is 9.84 Å². The fraction of sp³-hybridized carbons (Fsp3) is 0.118. The number of ketones is 1. The minimum Gasteiger partial charge on any atom is -0.476 e. The van der Waals surface area contributed by atoms with Crippen LogP contribution in [0.2, 0.25) is 0 Å². The minimum atomic E-state index is -1.42. The predicted octanol–water partition coefficient (Wildman–Crippen LogP) is 2.88. The highest BCUT2D eigenvalue weighted by Crippen LogP contribution is 2.13. The third kappa shape index (κ3) is 5.28. The lowest BCUT2D eigenvalue weighted by molar-refractivity contribution is -0.149. The Bertz CT molecular complexity index is 695. The van der Waals surface area contributed by atoms with Gasteiger partial charge in [-0.2, -0.15) is 0 Å². The highest BCUT2D eigenvalue weighted by atomic mass is 16.6. The monoisotopic (exact) mass is 313 g/mol. The average molecular weight is 313 g/mol. The van der Waals surface area contributed by atoms with Gasteiger partial charge in [-0.05, 0) is 36.2 Å². The van der Waals surface area contributed by atoms with Crippen molar-refractivity contribution in [3.63, 3.8) is 0 Å². The molecule has 6 heteroatoms. The number of rotatable bonds is 6. The van der Waals surface area contributed by atoms with Gasteiger partial charge in [0.05, 0.1) is 0 Å². The van der Waals surface area contributed by atoms with Crippen molar-refractivity contribution in [3.8, 4) is 5.75 Å². The summed E-state index contributed by atoms with van der Waals surface area (Å²) in [6, 6.07) is 15.4. The van der Waals surface area contributed by atoms with E-state index >= 15 is 0 Å². The van der Waals surface area contributed by atoms with Crippen molar-refractivity contribution in [2.45, 2.75) is 12.8 Å². The number of carbonyl (C=O) groups excluding carboxylic acids is 2. The number of Topliss-reactive ketones (excluding diaryl/α,β-unsaturated/α-hetero) is 1. The molecule has 0 saturated heterocycles. The Morgan fingerprint density at radius 2 is 1.61 bits per heavy atom. The molecule has 6 nitrogen and oxygen atoms in total. The number of aliphatic carboxylic acids is 1. The first-order valence-corrected chi connectivity index (χ1v) is 6.93. The van der Waals surface area contributed by atoms with E-state index in [-0.39, 0.29) is 6.42 Å². The van der Waals surface area contributed by atoms with Crippen LogP contribution in [0.3, 0.4) is 0 Å². The lowest BCUT2D eigenvalue weighted by Gasteiger charge is -2.07. The number of hydrogen-bond acceptors (Lipinski definition) is 4. The van der Waals surface area contributed by atoms with Gasteiger partial charge in [0, 0.05) is 12.1 Å². The van der Waals surface area contributed by atoms with Crippen molar-refractivity contribution in [3.05, 3.63) is 60.2 Å². The second kappa shape index (κ2) is 7.74. The largest absolute Gasteiger partial charge is 0.476 e. The molecule has 0 unspecified atom stereocenters. The topological polar surface area (TPSA) is 92.7 Å². The van der Waals surface area contributed by atoms with Crippen molar-refractivity contribution in [1.29, 1.82) is 0 Å². The number of aryl methyl sites for hydroxylation is 1. The summed E-state index contributed by atoms with van der Waals surface area (Å²) in [4.78, 5) is 33.2. The van der Waals surface area contributed by atoms with Gasteiger partial charge in [0.25, 0.3) is 0 Å². The fourth-order valence-electron chi connectivity index (χ4n) is 1.86. The van der Waals surface area contributed by atoms with E-state index in [9.17, 15) is 14.4 Å². The molecule has 2 rings (SSSR count). The van der Waals surface area contributed by atoms with E-state index in [2.05, 4.69) is 5.32 Å². The molecule has 0 aromatic heterocycles. The molecule has 118 valence electrons. The molecule has 23 heavy (non-hydrogen) atoms. The molecular weight excluding hydrogens is 298 g/mol. The number of carboxylic acid groups (broad SMARTS) is 1. The molecule has 0 radical (unpaired) electrons. The highest BCUT2D eigenvalue weighted by Gasteiger charge is 2.11. The molecule has 0 aliphatic rings. The van der Waals surface area contributed by atoms with E-state index in [0.29, 0.717) is 17.9 Å². The Hall–Kier alpha value is -3.15. The quantitative estimate of drug-likeness (QED) is 0.800. The van der Waals surface area contributed by atoms with Crippen LogP contribution in [0, 0.1) is 0 Å². The average Bonchev–Trinajstić information content (AvgIpc) is 2.54. The maximum atomic E-state index is 11.7. The van der Waals surface area contributed by atoms with Crippen LogP contribution >= 0.6 is 0 Å². The van der Waals surface area contributed by atoms with Crippen LogP contribution in [-0.4, -0.2) is 23.0 Å². The van der Waals surface area contributed by atoms with Crippen LogP contribution in [0.25, 0.3) is 0 Å². The molecule has 0 fully saturated rings. The van der Waals surface area contributed by atoms with E-state index in [1.165, 1.54) is 0 Å². The SMILES string of the molecule is O=C(Nc1ccc(CCC(=O)C(=O)O)cc1)Oc1ccccc1. The second-order valence-corrected chi connectivity index (χ2v) is 4.75. The van der Waals surface area contributed by atoms with Gasteiger partial charge < -0.3 is 9.84 Å². The number of carboxylic acids is 1. The van der Waals surface area contributed by atoms with E-state index in [1.807, 2.05) is 6.07 Å². The zero-order chi connectivity index (χ0) is 16.7. The summed E-state index contributed by atoms with van der Waals surface area (Å²) < 4.78 is 5.09. The molecule has 0 aliphatic heterocycles. The summed E-state index contributed by atoms with van der Waals surface area (Å²) in [6.45, 7) is 0. The van der Waals surface area contributed by atoms with Gasteiger partial charge in [0.1, 0.15) is 5.75 Å². The van der Waals surface area contributed by atoms with Crippen LogP contribution in [0.1, 0.15) is 12.0 Å². The summed E-state index contributed by atoms with van der Waals surface area (Å²) in [7, 11) is 0. The van der Waals surface area contributed by atoms with E-state index in [1.54, 1.807) is 48.5 Å². The standard InChI is InChI=1S/C17H15NO5/c19-15(16(20)21)11-8-12-6-9-13(10-7-12)18-17(22)23-14-4-2-1-3-5-14/h1-7,9-10H,8,11H2,(H,18,22)(H,20,21). The zero-order valence-electron chi connectivity index (χ0n) is 12.2. The van der Waals surface area contributed by atoms with Gasteiger partial charge in [-0.1, -0.05) is 30.3 Å². The number of para-hydroxylation sites is 1. The van der Waals surface area contributed by atoms with Gasteiger partial charge in [0.15, 0.2) is 0 Å². The second-order valence-electron chi connectivity index (χ2n) is 4.75. The van der Waals surface area contributed by atoms with Crippen molar-refractivity contribution >= 4 is 23.5 Å². The predicted molar refractivity (Wildman–Crippen MR) is 83.5 cm³/mol. The molecule has 2 aromatic carbocycles. The first-order valence-electron chi connectivity index (χ1n) is 6.93. The third-order valence-corrected chi connectivity index (χ3v) is 3.03. The van der Waals surface area contributed by atoms with Crippen molar-refractivity contribution < 1.29 is 24.2 Å². The molecule has 0 aliphatic carbocycles. The van der Waals surface area contributed by atoms with Crippen LogP contribution in [-0.2, 0) is 16.0 Å². The summed E-state index contributed by atoms with van der Waals surface area (Å²) in [5.41, 5.74) is 1.35. The van der Waals surface area contributed by atoms with E-state index in [0.717, 1.165) is 5.56 Å². The van der Waals surface area contributed by atoms with Crippen LogP contribution in [0.5, 0.6) is 5.75 Å². The molecule has 1 amide bonds. The summed E-state index contributed by atoms with van der Waals surface area (Å²) >= 11 is 0. The Balaban J connectivity index is 1.86. The maximum Gasteiger partial charge on any atom is 0.417 e. The molecule has 0 spiro atoms. The minimum absolute atomic E-state index is 0.0574. The number of benzene rings is 2. The number of ether oxygens (including phenoxy) is 1. The molecule has 2 N–H and O–H groups in total. The van der Waals surface area contributed by atoms with Crippen LogP contribution in [0.4, 0.5) is 10.5 Å². The number of anilines is 1. The summed E-state index contributed by atoms with van der Waals surface area (Å²) in [6.07, 6.45) is -0.331. The lowest BCUT2D eigenvalue weighted by atomic mass is 10.1. The van der Waals surface area contributed by atoms with Crippen LogP contribution < -0.4 is 10.1 Å². The molecular formula is C17H15NO5. The number of hydrogen-bond donors (Lipinski definition) is 2. The number of nitrogens with one attached hydrogen (secondary N) is 1. The van der Waals surface area contributed by atoms with Gasteiger partial charge in [-0.15, -0.1) is 0 Å². The normalized spacial score (nSPS) is 9.91. The molecule has 2 aromatic rings. The molecule has 0 atom stereocenters. The van der Waals surface area contributed by atoms with Gasteiger partial charge in [-0.25, -0.2) is 9.59 Å². The molecule has 0 heterocycles. The Labute approximate surface area is 132 Å². The number of carbonyl (C=O) groups is 3. The number of amides is 1. The molecule has 0 saturated carbocycles. The van der Waals surface area contributed by atoms with Gasteiger partial charge >= 0.3 is 12.1 Å². The van der Waals surface area contributed by atoms with Crippen molar-refractivity contribution in [2.24, 2.45) is 0 Å². The lowest BCUT2D eigenvalue weighted by Crippen LogP contribution is -2.16. The highest BCUT2D eigenvalue weighted by molar-refractivity contribution is 6.32. The smallest absolute Gasteiger partial charge is 0.417 e. The maximum absolute atomic E-state index is 11.7. The zero-order valence-corrected chi connectivity index (χ0v) is 12.2. The summed E-state index contributed by atoms with van der Waals surface area (Å²) in [5.74, 6) is -1.81. The first kappa shape index (κ1) is 16.2. The Morgan fingerprint density at radius 3 is 2.22 bits per heavy atom. The van der Waals surface area contributed by atoms with Crippen molar-refractivity contribution in [2.75, 3.05) is 5.32 Å². The Morgan fingerprint density at radius 1 is 0.957 bits per heavy atom. The molecule has 0 bridgehead atoms.